The number of hydrogen-bond donors (Lipinski definition) is 2. The van der Waals surface area contributed by atoms with E-state index in [1.54, 1.807) is 6.07 Å². The summed E-state index contributed by atoms with van der Waals surface area (Å²) in [5, 5.41) is 2.81. The zero-order valence-corrected chi connectivity index (χ0v) is 10.2. The predicted octanol–water partition coefficient (Wildman–Crippen LogP) is 3.91. The molecule has 0 spiro atoms. The van der Waals surface area contributed by atoms with Gasteiger partial charge in [-0.1, -0.05) is 6.07 Å². The number of nitrogens with one attached hydrogen (secondary N) is 1. The monoisotopic (exact) mass is 248 g/mol. The van der Waals surface area contributed by atoms with Crippen molar-refractivity contribution < 1.29 is 8.78 Å². The minimum absolute atomic E-state index is 0.0740. The molecule has 4 heteroatoms. The molecular weight excluding hydrogens is 234 g/mol. The van der Waals surface area contributed by atoms with Gasteiger partial charge in [-0.2, -0.15) is 0 Å². The Bertz CT molecular complexity index is 595. The van der Waals surface area contributed by atoms with Crippen molar-refractivity contribution in [2.75, 3.05) is 11.1 Å². The van der Waals surface area contributed by atoms with Gasteiger partial charge in [0.15, 0.2) is 11.6 Å². The second-order valence-electron chi connectivity index (χ2n) is 4.25. The van der Waals surface area contributed by atoms with Gasteiger partial charge in [-0.05, 0) is 49.2 Å². The topological polar surface area (TPSA) is 38.0 Å². The fourth-order valence-corrected chi connectivity index (χ4v) is 1.69. The molecular formula is C14H14F2N2. The van der Waals surface area contributed by atoms with Gasteiger partial charge < -0.3 is 11.1 Å². The van der Waals surface area contributed by atoms with Gasteiger partial charge in [-0.25, -0.2) is 8.78 Å². The summed E-state index contributed by atoms with van der Waals surface area (Å²) in [7, 11) is 0. The van der Waals surface area contributed by atoms with Gasteiger partial charge in [0.25, 0.3) is 0 Å². The third kappa shape index (κ3) is 2.27. The summed E-state index contributed by atoms with van der Waals surface area (Å²) in [5.74, 6) is -1.79. The van der Waals surface area contributed by atoms with Crippen LogP contribution in [0.1, 0.15) is 11.1 Å². The van der Waals surface area contributed by atoms with Crippen molar-refractivity contribution in [3.8, 4) is 0 Å². The first-order chi connectivity index (χ1) is 8.49. The smallest absolute Gasteiger partial charge is 0.182 e. The van der Waals surface area contributed by atoms with Crippen molar-refractivity contribution >= 4 is 17.1 Å². The van der Waals surface area contributed by atoms with Crippen LogP contribution in [0.25, 0.3) is 0 Å². The molecule has 18 heavy (non-hydrogen) atoms. The summed E-state index contributed by atoms with van der Waals surface area (Å²) >= 11 is 0. The molecule has 2 nitrogen and oxygen atoms in total. The molecule has 0 amide bonds. The summed E-state index contributed by atoms with van der Waals surface area (Å²) < 4.78 is 26.6. The van der Waals surface area contributed by atoms with Crippen LogP contribution in [-0.2, 0) is 0 Å². The van der Waals surface area contributed by atoms with Gasteiger partial charge in [0.05, 0.1) is 17.1 Å². The van der Waals surface area contributed by atoms with E-state index >= 15 is 0 Å². The third-order valence-electron chi connectivity index (χ3n) is 2.89. The van der Waals surface area contributed by atoms with Gasteiger partial charge >= 0.3 is 0 Å². The first-order valence-electron chi connectivity index (χ1n) is 5.57. The predicted molar refractivity (Wildman–Crippen MR) is 70.0 cm³/mol. The van der Waals surface area contributed by atoms with E-state index in [4.69, 9.17) is 5.73 Å². The van der Waals surface area contributed by atoms with Gasteiger partial charge in [0, 0.05) is 0 Å². The average molecular weight is 248 g/mol. The second kappa shape index (κ2) is 4.64. The van der Waals surface area contributed by atoms with Crippen molar-refractivity contribution in [1.82, 2.24) is 0 Å². The molecule has 0 fully saturated rings. The lowest BCUT2D eigenvalue weighted by atomic mass is 10.1. The highest BCUT2D eigenvalue weighted by Crippen LogP contribution is 2.28. The Morgan fingerprint density at radius 2 is 1.67 bits per heavy atom. The van der Waals surface area contributed by atoms with Crippen molar-refractivity contribution in [3.05, 3.63) is 53.1 Å². The van der Waals surface area contributed by atoms with Gasteiger partial charge in [-0.15, -0.1) is 0 Å². The van der Waals surface area contributed by atoms with E-state index in [0.29, 0.717) is 11.4 Å². The van der Waals surface area contributed by atoms with Crippen LogP contribution in [0.5, 0.6) is 0 Å². The van der Waals surface area contributed by atoms with Crippen LogP contribution in [0, 0.1) is 25.5 Å². The SMILES string of the molecule is Cc1cc(N)c(Nc2cccc(F)c2F)cc1C. The molecule has 0 unspecified atom stereocenters. The Balaban J connectivity index is 2.40. The Morgan fingerprint density at radius 1 is 1.00 bits per heavy atom. The van der Waals surface area contributed by atoms with E-state index in [9.17, 15) is 8.78 Å². The number of aryl methyl sites for hydroxylation is 2. The lowest BCUT2D eigenvalue weighted by Crippen LogP contribution is -2.01. The number of halogens is 2. The summed E-state index contributed by atoms with van der Waals surface area (Å²) in [4.78, 5) is 0. The molecule has 0 saturated heterocycles. The summed E-state index contributed by atoms with van der Waals surface area (Å²) in [6.45, 7) is 3.88. The highest BCUT2D eigenvalue weighted by atomic mass is 19.2. The fourth-order valence-electron chi connectivity index (χ4n) is 1.69. The maximum absolute atomic E-state index is 13.5. The van der Waals surface area contributed by atoms with Crippen LogP contribution in [0.3, 0.4) is 0 Å². The second-order valence-corrected chi connectivity index (χ2v) is 4.25. The zero-order chi connectivity index (χ0) is 13.3. The fraction of sp³-hybridized carbons (Fsp3) is 0.143. The molecule has 0 aliphatic rings. The van der Waals surface area contributed by atoms with E-state index in [2.05, 4.69) is 5.32 Å². The van der Waals surface area contributed by atoms with Crippen molar-refractivity contribution in [1.29, 1.82) is 0 Å². The lowest BCUT2D eigenvalue weighted by molar-refractivity contribution is 0.512. The minimum atomic E-state index is -0.907. The molecule has 0 aliphatic heterocycles. The van der Waals surface area contributed by atoms with E-state index in [0.717, 1.165) is 17.2 Å². The number of anilines is 3. The molecule has 0 radical (unpaired) electrons. The lowest BCUT2D eigenvalue weighted by Gasteiger charge is -2.12. The minimum Gasteiger partial charge on any atom is -0.397 e. The maximum atomic E-state index is 13.5. The normalized spacial score (nSPS) is 10.4. The third-order valence-corrected chi connectivity index (χ3v) is 2.89. The first kappa shape index (κ1) is 12.4. The summed E-state index contributed by atoms with van der Waals surface area (Å²) in [6.07, 6.45) is 0. The maximum Gasteiger partial charge on any atom is 0.182 e. The van der Waals surface area contributed by atoms with E-state index in [-0.39, 0.29) is 5.69 Å². The molecule has 3 N–H and O–H groups in total. The van der Waals surface area contributed by atoms with Crippen LogP contribution >= 0.6 is 0 Å². The quantitative estimate of drug-likeness (QED) is 0.791. The molecule has 0 atom stereocenters. The molecule has 0 saturated carbocycles. The molecule has 2 aromatic rings. The van der Waals surface area contributed by atoms with Crippen LogP contribution in [0.15, 0.2) is 30.3 Å². The van der Waals surface area contributed by atoms with E-state index < -0.39 is 11.6 Å². The van der Waals surface area contributed by atoms with Crippen LogP contribution in [-0.4, -0.2) is 0 Å². The van der Waals surface area contributed by atoms with E-state index in [1.807, 2.05) is 19.9 Å². The average Bonchev–Trinajstić information content (AvgIpc) is 2.32. The number of rotatable bonds is 2. The Morgan fingerprint density at radius 3 is 2.39 bits per heavy atom. The standard InChI is InChI=1S/C14H14F2N2/c1-8-6-11(17)13(7-9(8)2)18-12-5-3-4-10(15)14(12)16/h3-7,18H,17H2,1-2H3. The number of nitrogens with two attached hydrogens (primary N) is 1. The first-order valence-corrected chi connectivity index (χ1v) is 5.57. The van der Waals surface area contributed by atoms with E-state index in [1.165, 1.54) is 12.1 Å². The number of nitrogen functional groups attached to an aromatic ring is 1. The molecule has 0 bridgehead atoms. The zero-order valence-electron chi connectivity index (χ0n) is 10.2. The molecule has 2 rings (SSSR count). The summed E-state index contributed by atoms with van der Waals surface area (Å²) in [6, 6.07) is 7.60. The largest absolute Gasteiger partial charge is 0.397 e. The van der Waals surface area contributed by atoms with Gasteiger partial charge in [-0.3, -0.25) is 0 Å². The van der Waals surface area contributed by atoms with Crippen molar-refractivity contribution in [3.63, 3.8) is 0 Å². The highest BCUT2D eigenvalue weighted by molar-refractivity contribution is 5.74. The Hall–Kier alpha value is -2.10. The van der Waals surface area contributed by atoms with Crippen molar-refractivity contribution in [2.45, 2.75) is 13.8 Å². The molecule has 2 aromatic carbocycles. The van der Waals surface area contributed by atoms with Crippen molar-refractivity contribution in [2.24, 2.45) is 0 Å². The number of hydrogen-bond acceptors (Lipinski definition) is 2. The van der Waals surface area contributed by atoms with Crippen LogP contribution in [0.2, 0.25) is 0 Å². The molecule has 94 valence electrons. The Labute approximate surface area is 104 Å². The van der Waals surface area contributed by atoms with Crippen LogP contribution < -0.4 is 11.1 Å². The molecule has 0 heterocycles. The Kier molecular flexibility index (Phi) is 3.19. The highest BCUT2D eigenvalue weighted by Gasteiger charge is 2.09. The molecule has 0 aliphatic carbocycles. The van der Waals surface area contributed by atoms with Gasteiger partial charge in [0.2, 0.25) is 0 Å². The van der Waals surface area contributed by atoms with Gasteiger partial charge in [0.1, 0.15) is 0 Å². The molecule has 0 aromatic heterocycles. The number of benzene rings is 2. The van der Waals surface area contributed by atoms with Crippen LogP contribution in [0.4, 0.5) is 25.8 Å². The summed E-state index contributed by atoms with van der Waals surface area (Å²) in [5.41, 5.74) is 9.08.